The fraction of sp³-hybridized carbons (Fsp3) is 0.917. The minimum absolute atomic E-state index is 0.0619. The second-order valence-corrected chi connectivity index (χ2v) is 7.11. The van der Waals surface area contributed by atoms with Gasteiger partial charge in [-0.2, -0.15) is 0 Å². The summed E-state index contributed by atoms with van der Waals surface area (Å²) in [5.41, 5.74) is 0. The summed E-state index contributed by atoms with van der Waals surface area (Å²) in [5.74, 6) is 0.263. The zero-order chi connectivity index (χ0) is 14.2. The smallest absolute Gasteiger partial charge is 0.322 e. The molecule has 1 atom stereocenters. The Kier molecular flexibility index (Phi) is 8.18. The van der Waals surface area contributed by atoms with Gasteiger partial charge in [0.2, 0.25) is 0 Å². The summed E-state index contributed by atoms with van der Waals surface area (Å²) in [4.78, 5) is 11.5. The van der Waals surface area contributed by atoms with E-state index in [-0.39, 0.29) is 24.0 Å². The Labute approximate surface area is 110 Å². The lowest BCUT2D eigenvalue weighted by Crippen LogP contribution is -2.41. The van der Waals surface area contributed by atoms with E-state index in [9.17, 15) is 13.2 Å². The highest BCUT2D eigenvalue weighted by molar-refractivity contribution is 7.91. The van der Waals surface area contributed by atoms with Crippen LogP contribution in [-0.2, 0) is 19.4 Å². The lowest BCUT2D eigenvalue weighted by molar-refractivity contribution is -0.143. The van der Waals surface area contributed by atoms with E-state index in [1.54, 1.807) is 0 Å². The number of nitrogens with one attached hydrogen (secondary N) is 1. The van der Waals surface area contributed by atoms with Gasteiger partial charge in [0.1, 0.15) is 6.04 Å². The predicted octanol–water partition coefficient (Wildman–Crippen LogP) is 0.988. The van der Waals surface area contributed by atoms with E-state index in [1.165, 1.54) is 7.11 Å². The van der Waals surface area contributed by atoms with Gasteiger partial charge in [0, 0.05) is 12.3 Å². The SMILES string of the molecule is CCCS(=O)(=O)CCNC(CC(C)C)C(=O)OC. The van der Waals surface area contributed by atoms with Crippen molar-refractivity contribution in [3.8, 4) is 0 Å². The fourth-order valence-corrected chi connectivity index (χ4v) is 2.93. The van der Waals surface area contributed by atoms with Crippen LogP contribution in [0, 0.1) is 5.92 Å². The third-order valence-electron chi connectivity index (χ3n) is 2.51. The lowest BCUT2D eigenvalue weighted by atomic mass is 10.0. The van der Waals surface area contributed by atoms with E-state index in [1.807, 2.05) is 20.8 Å². The van der Waals surface area contributed by atoms with E-state index in [4.69, 9.17) is 4.74 Å². The highest BCUT2D eigenvalue weighted by Crippen LogP contribution is 2.06. The first-order valence-electron chi connectivity index (χ1n) is 6.34. The first-order chi connectivity index (χ1) is 8.32. The highest BCUT2D eigenvalue weighted by Gasteiger charge is 2.20. The zero-order valence-electron chi connectivity index (χ0n) is 11.7. The third-order valence-corrected chi connectivity index (χ3v) is 4.37. The molecule has 0 amide bonds. The van der Waals surface area contributed by atoms with Gasteiger partial charge in [-0.25, -0.2) is 8.42 Å². The maximum Gasteiger partial charge on any atom is 0.322 e. The van der Waals surface area contributed by atoms with E-state index in [0.717, 1.165) is 0 Å². The molecule has 0 aliphatic carbocycles. The second kappa shape index (κ2) is 8.48. The number of hydrogen-bond acceptors (Lipinski definition) is 5. The molecule has 0 aromatic rings. The average Bonchev–Trinajstić information content (AvgIpc) is 2.25. The summed E-state index contributed by atoms with van der Waals surface area (Å²) in [6, 6.07) is -0.424. The Hall–Kier alpha value is -0.620. The van der Waals surface area contributed by atoms with Gasteiger partial charge in [0.25, 0.3) is 0 Å². The number of carbonyl (C=O) groups excluding carboxylic acids is 1. The second-order valence-electron chi connectivity index (χ2n) is 4.81. The molecule has 0 aliphatic rings. The molecule has 6 heteroatoms. The van der Waals surface area contributed by atoms with Crippen molar-refractivity contribution in [2.75, 3.05) is 25.2 Å². The van der Waals surface area contributed by atoms with Crippen LogP contribution in [0.5, 0.6) is 0 Å². The van der Waals surface area contributed by atoms with Crippen LogP contribution in [0.3, 0.4) is 0 Å². The molecule has 0 saturated carbocycles. The van der Waals surface area contributed by atoms with E-state index >= 15 is 0 Å². The number of rotatable bonds is 9. The quantitative estimate of drug-likeness (QED) is 0.637. The molecule has 0 spiro atoms. The van der Waals surface area contributed by atoms with E-state index in [0.29, 0.717) is 18.8 Å². The number of sulfone groups is 1. The van der Waals surface area contributed by atoms with Crippen LogP contribution < -0.4 is 5.32 Å². The summed E-state index contributed by atoms with van der Waals surface area (Å²) in [6.07, 6.45) is 1.26. The molecule has 0 aliphatic heterocycles. The van der Waals surface area contributed by atoms with Gasteiger partial charge in [-0.15, -0.1) is 0 Å². The third kappa shape index (κ3) is 7.66. The van der Waals surface area contributed by atoms with Gasteiger partial charge in [-0.05, 0) is 18.8 Å². The topological polar surface area (TPSA) is 72.5 Å². The first kappa shape index (κ1) is 17.4. The molecule has 108 valence electrons. The summed E-state index contributed by atoms with van der Waals surface area (Å²) in [6.45, 7) is 6.13. The van der Waals surface area contributed by atoms with Crippen molar-refractivity contribution in [2.24, 2.45) is 5.92 Å². The molecule has 0 heterocycles. The van der Waals surface area contributed by atoms with E-state index in [2.05, 4.69) is 5.32 Å². The summed E-state index contributed by atoms with van der Waals surface area (Å²) in [5, 5.41) is 2.96. The monoisotopic (exact) mass is 279 g/mol. The molecule has 1 N–H and O–H groups in total. The minimum Gasteiger partial charge on any atom is -0.468 e. The van der Waals surface area contributed by atoms with Gasteiger partial charge in [0.05, 0.1) is 12.9 Å². The Balaban J connectivity index is 4.23. The van der Waals surface area contributed by atoms with Crippen LogP contribution in [-0.4, -0.2) is 45.6 Å². The molecular formula is C12H25NO4S. The highest BCUT2D eigenvalue weighted by atomic mass is 32.2. The van der Waals surface area contributed by atoms with Crippen LogP contribution in [0.2, 0.25) is 0 Å². The van der Waals surface area contributed by atoms with Gasteiger partial charge in [0.15, 0.2) is 9.84 Å². The molecule has 0 rings (SSSR count). The van der Waals surface area contributed by atoms with Crippen molar-refractivity contribution in [3.05, 3.63) is 0 Å². The molecule has 0 aromatic carbocycles. The van der Waals surface area contributed by atoms with Crippen LogP contribution in [0.15, 0.2) is 0 Å². The minimum atomic E-state index is -3.00. The van der Waals surface area contributed by atoms with Crippen molar-refractivity contribution in [1.29, 1.82) is 0 Å². The molecule has 0 bridgehead atoms. The first-order valence-corrected chi connectivity index (χ1v) is 8.16. The lowest BCUT2D eigenvalue weighted by Gasteiger charge is -2.18. The Morgan fingerprint density at radius 3 is 2.33 bits per heavy atom. The molecular weight excluding hydrogens is 254 g/mol. The van der Waals surface area contributed by atoms with Gasteiger partial charge >= 0.3 is 5.97 Å². The molecule has 0 fully saturated rings. The predicted molar refractivity (Wildman–Crippen MR) is 72.2 cm³/mol. The zero-order valence-corrected chi connectivity index (χ0v) is 12.5. The number of ether oxygens (including phenoxy) is 1. The van der Waals surface area contributed by atoms with Gasteiger partial charge in [-0.3, -0.25) is 4.79 Å². The van der Waals surface area contributed by atoms with Crippen LogP contribution in [0.4, 0.5) is 0 Å². The largest absolute Gasteiger partial charge is 0.468 e. The summed E-state index contributed by atoms with van der Waals surface area (Å²) >= 11 is 0. The Morgan fingerprint density at radius 1 is 1.28 bits per heavy atom. The van der Waals surface area contributed by atoms with Crippen molar-refractivity contribution in [1.82, 2.24) is 5.32 Å². The Bertz CT molecular complexity index is 338. The fourth-order valence-electron chi connectivity index (χ4n) is 1.68. The van der Waals surface area contributed by atoms with Crippen LogP contribution >= 0.6 is 0 Å². The summed E-state index contributed by atoms with van der Waals surface area (Å²) < 4.78 is 27.7. The molecule has 18 heavy (non-hydrogen) atoms. The van der Waals surface area contributed by atoms with Gasteiger partial charge in [-0.1, -0.05) is 20.8 Å². The van der Waals surface area contributed by atoms with Gasteiger partial charge < -0.3 is 10.1 Å². The average molecular weight is 279 g/mol. The molecule has 5 nitrogen and oxygen atoms in total. The maximum absolute atomic E-state index is 11.5. The normalized spacial score (nSPS) is 13.6. The number of hydrogen-bond donors (Lipinski definition) is 1. The van der Waals surface area contributed by atoms with Crippen LogP contribution in [0.1, 0.15) is 33.6 Å². The van der Waals surface area contributed by atoms with Crippen molar-refractivity contribution >= 4 is 15.8 Å². The number of methoxy groups -OCH3 is 1. The van der Waals surface area contributed by atoms with Crippen molar-refractivity contribution < 1.29 is 17.9 Å². The number of esters is 1. The standard InChI is InChI=1S/C12H25NO4S/c1-5-7-18(15,16)8-6-13-11(9-10(2)3)12(14)17-4/h10-11,13H,5-9H2,1-4H3. The molecule has 0 saturated heterocycles. The van der Waals surface area contributed by atoms with E-state index < -0.39 is 15.9 Å². The molecule has 0 aromatic heterocycles. The number of carbonyl (C=O) groups is 1. The maximum atomic E-state index is 11.5. The Morgan fingerprint density at radius 2 is 1.89 bits per heavy atom. The van der Waals surface area contributed by atoms with Crippen molar-refractivity contribution in [2.45, 2.75) is 39.7 Å². The summed E-state index contributed by atoms with van der Waals surface area (Å²) in [7, 11) is -1.66. The molecule has 0 radical (unpaired) electrons. The molecule has 1 unspecified atom stereocenters. The van der Waals surface area contributed by atoms with Crippen LogP contribution in [0.25, 0.3) is 0 Å². The van der Waals surface area contributed by atoms with Crippen molar-refractivity contribution in [3.63, 3.8) is 0 Å².